The van der Waals surface area contributed by atoms with E-state index >= 15 is 0 Å². The number of ether oxygens (including phenoxy) is 2. The molecule has 0 aromatic heterocycles. The van der Waals surface area contributed by atoms with Gasteiger partial charge in [-0.05, 0) is 29.2 Å². The summed E-state index contributed by atoms with van der Waals surface area (Å²) in [5, 5.41) is 2.83. The zero-order valence-corrected chi connectivity index (χ0v) is 16.7. The van der Waals surface area contributed by atoms with Crippen LogP contribution < -0.4 is 14.8 Å². The Labute approximate surface area is 169 Å². The minimum absolute atomic E-state index is 0.0225. The Hall–Kier alpha value is -3.41. The topological polar surface area (TPSA) is 81.7 Å². The maximum Gasteiger partial charge on any atom is 0.308 e. The van der Waals surface area contributed by atoms with Gasteiger partial charge in [-0.3, -0.25) is 14.4 Å². The maximum absolute atomic E-state index is 11.8. The molecule has 3 rings (SSSR count). The number of carbonyl (C=O) groups excluding carboxylic acids is 3. The molecule has 6 nitrogen and oxygen atoms in total. The summed E-state index contributed by atoms with van der Waals surface area (Å²) in [6, 6.07) is 13.4. The van der Waals surface area contributed by atoms with Gasteiger partial charge in [0.2, 0.25) is 5.91 Å². The van der Waals surface area contributed by atoms with Crippen molar-refractivity contribution in [3.05, 3.63) is 65.2 Å². The molecule has 0 spiro atoms. The number of hydrogen-bond donors (Lipinski definition) is 1. The molecule has 0 bridgehead atoms. The summed E-state index contributed by atoms with van der Waals surface area (Å²) in [6.07, 6.45) is 2.69. The van der Waals surface area contributed by atoms with Crippen LogP contribution in [0.4, 0.5) is 0 Å². The van der Waals surface area contributed by atoms with Crippen LogP contribution >= 0.6 is 0 Å². The highest BCUT2D eigenvalue weighted by molar-refractivity contribution is 5.82. The smallest absolute Gasteiger partial charge is 0.308 e. The monoisotopic (exact) mass is 393 g/mol. The van der Waals surface area contributed by atoms with E-state index in [-0.39, 0.29) is 23.3 Å². The van der Waals surface area contributed by atoms with Crippen LogP contribution in [0.1, 0.15) is 43.4 Å². The number of hydrogen-bond acceptors (Lipinski definition) is 5. The first-order valence-corrected chi connectivity index (χ1v) is 9.38. The highest BCUT2D eigenvalue weighted by Crippen LogP contribution is 2.43. The van der Waals surface area contributed by atoms with Crippen molar-refractivity contribution in [2.24, 2.45) is 0 Å². The lowest BCUT2D eigenvalue weighted by Gasteiger charge is -2.27. The third kappa shape index (κ3) is 4.90. The number of carbonyl (C=O) groups is 3. The molecule has 0 radical (unpaired) electrons. The SMILES string of the molecule is CC(=O)NCC1=CC(c2ccccc2)Cc2c1ccc(OC(C)=O)c2OC(C)=O. The second kappa shape index (κ2) is 8.73. The van der Waals surface area contributed by atoms with Crippen molar-refractivity contribution in [2.45, 2.75) is 33.1 Å². The molecule has 1 amide bonds. The Kier molecular flexibility index (Phi) is 6.12. The van der Waals surface area contributed by atoms with Gasteiger partial charge in [-0.2, -0.15) is 0 Å². The van der Waals surface area contributed by atoms with Crippen LogP contribution in [0.15, 0.2) is 48.5 Å². The van der Waals surface area contributed by atoms with Gasteiger partial charge in [-0.15, -0.1) is 0 Å². The number of nitrogens with one attached hydrogen (secondary N) is 1. The molecule has 2 aromatic carbocycles. The van der Waals surface area contributed by atoms with Gasteiger partial charge in [0.1, 0.15) is 0 Å². The first-order valence-electron chi connectivity index (χ1n) is 9.38. The number of fused-ring (bicyclic) bond motifs is 1. The molecule has 0 saturated carbocycles. The van der Waals surface area contributed by atoms with Gasteiger partial charge in [0.15, 0.2) is 11.5 Å². The average molecular weight is 393 g/mol. The van der Waals surface area contributed by atoms with Crippen molar-refractivity contribution in [2.75, 3.05) is 6.54 Å². The zero-order valence-electron chi connectivity index (χ0n) is 16.7. The van der Waals surface area contributed by atoms with E-state index in [0.717, 1.165) is 22.3 Å². The van der Waals surface area contributed by atoms with Crippen molar-refractivity contribution in [1.29, 1.82) is 0 Å². The van der Waals surface area contributed by atoms with E-state index in [1.165, 1.54) is 20.8 Å². The summed E-state index contributed by atoms with van der Waals surface area (Å²) in [7, 11) is 0. The third-order valence-corrected chi connectivity index (χ3v) is 4.65. The molecular weight excluding hydrogens is 370 g/mol. The van der Waals surface area contributed by atoms with Crippen LogP contribution in [0.5, 0.6) is 11.5 Å². The standard InChI is InChI=1S/C23H23NO5/c1-14(25)24-13-19-11-18(17-7-5-4-6-8-17)12-21-20(19)9-10-22(28-15(2)26)23(21)29-16(3)27/h4-11,18H,12-13H2,1-3H3,(H,24,25). The van der Waals surface area contributed by atoms with Crippen LogP contribution in [-0.4, -0.2) is 24.4 Å². The van der Waals surface area contributed by atoms with Gasteiger partial charge < -0.3 is 14.8 Å². The number of allylic oxidation sites excluding steroid dienone is 1. The van der Waals surface area contributed by atoms with Gasteiger partial charge >= 0.3 is 11.9 Å². The van der Waals surface area contributed by atoms with E-state index in [1.807, 2.05) is 36.4 Å². The van der Waals surface area contributed by atoms with Crippen molar-refractivity contribution in [3.63, 3.8) is 0 Å². The number of amides is 1. The van der Waals surface area contributed by atoms with E-state index in [1.54, 1.807) is 6.07 Å². The molecule has 0 aliphatic heterocycles. The average Bonchev–Trinajstić information content (AvgIpc) is 2.67. The highest BCUT2D eigenvalue weighted by Gasteiger charge is 2.27. The van der Waals surface area contributed by atoms with Crippen molar-refractivity contribution < 1.29 is 23.9 Å². The lowest BCUT2D eigenvalue weighted by molar-refractivity contribution is -0.134. The molecule has 1 aliphatic rings. The predicted octanol–water partition coefficient (Wildman–Crippen LogP) is 3.40. The first kappa shape index (κ1) is 20.3. The maximum atomic E-state index is 11.8. The molecule has 6 heteroatoms. The third-order valence-electron chi connectivity index (χ3n) is 4.65. The summed E-state index contributed by atoms with van der Waals surface area (Å²) >= 11 is 0. The number of esters is 2. The molecule has 0 fully saturated rings. The van der Waals surface area contributed by atoms with Gasteiger partial charge in [-0.25, -0.2) is 0 Å². The minimum atomic E-state index is -0.499. The molecular formula is C23H23NO5. The number of rotatable bonds is 5. The molecule has 1 aliphatic carbocycles. The lowest BCUT2D eigenvalue weighted by atomic mass is 9.80. The molecule has 0 saturated heterocycles. The van der Waals surface area contributed by atoms with Crippen molar-refractivity contribution >= 4 is 23.4 Å². The highest BCUT2D eigenvalue weighted by atomic mass is 16.6. The summed E-state index contributed by atoms with van der Waals surface area (Å²) < 4.78 is 10.8. The molecule has 0 heterocycles. The van der Waals surface area contributed by atoms with Gasteiger partial charge in [0.05, 0.1) is 0 Å². The summed E-state index contributed by atoms with van der Waals surface area (Å²) in [5.41, 5.74) is 3.65. The fourth-order valence-electron chi connectivity index (χ4n) is 3.50. The normalized spacial score (nSPS) is 15.0. The van der Waals surface area contributed by atoms with Gasteiger partial charge in [0.25, 0.3) is 0 Å². The predicted molar refractivity (Wildman–Crippen MR) is 109 cm³/mol. The molecule has 29 heavy (non-hydrogen) atoms. The van der Waals surface area contributed by atoms with E-state index in [0.29, 0.717) is 13.0 Å². The van der Waals surface area contributed by atoms with Crippen LogP contribution in [0.25, 0.3) is 5.57 Å². The Morgan fingerprint density at radius 3 is 2.28 bits per heavy atom. The van der Waals surface area contributed by atoms with Gasteiger partial charge in [-0.1, -0.05) is 42.5 Å². The summed E-state index contributed by atoms with van der Waals surface area (Å²) in [4.78, 5) is 34.7. The number of benzene rings is 2. The van der Waals surface area contributed by atoms with Crippen molar-refractivity contribution in [1.82, 2.24) is 5.32 Å². The Bertz CT molecular complexity index is 978. The van der Waals surface area contributed by atoms with Crippen LogP contribution in [0.2, 0.25) is 0 Å². The van der Waals surface area contributed by atoms with Crippen molar-refractivity contribution in [3.8, 4) is 11.5 Å². The first-order chi connectivity index (χ1) is 13.8. The Morgan fingerprint density at radius 1 is 0.966 bits per heavy atom. The van der Waals surface area contributed by atoms with E-state index in [9.17, 15) is 14.4 Å². The summed E-state index contributed by atoms with van der Waals surface area (Å²) in [6.45, 7) is 4.42. The minimum Gasteiger partial charge on any atom is -0.423 e. The summed E-state index contributed by atoms with van der Waals surface area (Å²) in [5.74, 6) is -0.650. The van der Waals surface area contributed by atoms with E-state index in [2.05, 4.69) is 11.4 Å². The largest absolute Gasteiger partial charge is 0.423 e. The fraction of sp³-hybridized carbons (Fsp3) is 0.261. The van der Waals surface area contributed by atoms with E-state index in [4.69, 9.17) is 9.47 Å². The molecule has 2 aromatic rings. The lowest BCUT2D eigenvalue weighted by Crippen LogP contribution is -2.24. The second-order valence-corrected chi connectivity index (χ2v) is 6.93. The van der Waals surface area contributed by atoms with Crippen LogP contribution in [0, 0.1) is 0 Å². The molecule has 1 atom stereocenters. The second-order valence-electron chi connectivity index (χ2n) is 6.93. The van der Waals surface area contributed by atoms with Crippen LogP contribution in [0.3, 0.4) is 0 Å². The van der Waals surface area contributed by atoms with E-state index < -0.39 is 11.9 Å². The molecule has 1 N–H and O–H groups in total. The Balaban J connectivity index is 2.13. The van der Waals surface area contributed by atoms with Crippen LogP contribution in [-0.2, 0) is 20.8 Å². The zero-order chi connectivity index (χ0) is 21.0. The van der Waals surface area contributed by atoms with Gasteiger partial charge in [0, 0.05) is 38.8 Å². The molecule has 1 unspecified atom stereocenters. The fourth-order valence-corrected chi connectivity index (χ4v) is 3.50. The quantitative estimate of drug-likeness (QED) is 0.622. The Morgan fingerprint density at radius 2 is 1.66 bits per heavy atom. The molecule has 150 valence electrons.